The minimum absolute atomic E-state index is 0.0543. The quantitative estimate of drug-likeness (QED) is 0.0234. The van der Waals surface area contributed by atoms with Crippen molar-refractivity contribution in [2.24, 2.45) is 17.6 Å². The maximum Gasteiger partial charge on any atom is 0.305 e. The highest BCUT2D eigenvalue weighted by atomic mass is 32.2. The molecule has 0 bridgehead atoms. The molecular formula is C84H123N17O29S. The molecule has 47 heteroatoms. The largest absolute Gasteiger partial charge is 0.508 e. The Kier molecular flexibility index (Phi) is 47.9. The van der Waals surface area contributed by atoms with Crippen LogP contribution in [0.5, 0.6) is 11.5 Å². The molecular weight excluding hydrogens is 1740 g/mol. The van der Waals surface area contributed by atoms with Crippen LogP contribution >= 0.6 is 11.8 Å². The number of nitrogens with two attached hydrogens (primary N) is 1. The summed E-state index contributed by atoms with van der Waals surface area (Å²) in [6.07, 6.45) is -7.28. The van der Waals surface area contributed by atoms with Gasteiger partial charge in [-0.2, -0.15) is 0 Å². The van der Waals surface area contributed by atoms with Crippen molar-refractivity contribution >= 4 is 124 Å². The summed E-state index contributed by atoms with van der Waals surface area (Å²) in [6, 6.07) is -4.35. The molecule has 0 radical (unpaired) electrons. The van der Waals surface area contributed by atoms with Gasteiger partial charge in [0.25, 0.3) is 5.91 Å². The lowest BCUT2D eigenvalue weighted by Crippen LogP contribution is -2.63. The van der Waals surface area contributed by atoms with E-state index in [1.165, 1.54) is 72.5 Å². The van der Waals surface area contributed by atoms with E-state index in [0.29, 0.717) is 43.5 Å². The molecule has 1 fully saturated rings. The minimum atomic E-state index is -2.23. The molecule has 17 atom stereocenters. The molecule has 1 aliphatic heterocycles. The summed E-state index contributed by atoms with van der Waals surface area (Å²) in [5, 5.41) is 138. The number of aliphatic carboxylic acids is 3. The monoisotopic (exact) mass is 1870 g/mol. The third kappa shape index (κ3) is 40.1. The predicted molar refractivity (Wildman–Crippen MR) is 466 cm³/mol. The predicted octanol–water partition coefficient (Wildman–Crippen LogP) is -7.21. The number of nitrogens with zero attached hydrogens (tertiary/aromatic N) is 1. The molecule has 0 aromatic heterocycles. The average molecular weight is 1870 g/mol. The van der Waals surface area contributed by atoms with Crippen LogP contribution in [-0.4, -0.2) is 323 Å². The first-order chi connectivity index (χ1) is 61.9. The topological polar surface area (TPSA) is 736 Å². The third-order valence-corrected chi connectivity index (χ3v) is 21.4. The summed E-state index contributed by atoms with van der Waals surface area (Å²) in [7, 11) is 0. The van der Waals surface area contributed by atoms with Crippen molar-refractivity contribution in [1.29, 1.82) is 0 Å². The van der Waals surface area contributed by atoms with Crippen LogP contribution in [0.25, 0.3) is 0 Å². The second-order valence-corrected chi connectivity index (χ2v) is 32.9. The molecule has 0 unspecified atom stereocenters. The van der Waals surface area contributed by atoms with E-state index >= 15 is 0 Å². The molecule has 0 aliphatic carbocycles. The third-order valence-electron chi connectivity index (χ3n) is 20.5. The number of aliphatic hydroxyl groups is 5. The SMILES string of the molecule is CC[C@H](C)[C@H](NC(=O)[C@H](CO)NC(=O)[C@H](Cc1ccc(O)cc1)NC(=O)[C@H](CC(=O)O)NC(=O)[C@H](CO)NC(=O)[C@@H](NC(=O)[C@H](Cc1ccccc1)NC(=O)[C@@H](NC(=O)CNC(=O)[C@H](CCC(=O)O)NC(=O)CSCC(=O)NCCN1CC[C@@H](O)C1=O)[C@@H](C)O)[C@@H](C)O)C(=O)N[C@@H](Cc1ccc(O)cc1)C(=O)N[C@@H](CC(C)C)C(=O)N[C@@H](CC(=O)O)C(=O)N[C@H](C)CCCCN. The lowest BCUT2D eigenvalue weighted by atomic mass is 9.96. The molecule has 16 amide bonds. The summed E-state index contributed by atoms with van der Waals surface area (Å²) in [5.41, 5.74) is 6.48. The maximum atomic E-state index is 14.7. The number of amides is 16. The lowest BCUT2D eigenvalue weighted by Gasteiger charge is -2.30. The van der Waals surface area contributed by atoms with Crippen LogP contribution in [0, 0.1) is 11.8 Å². The lowest BCUT2D eigenvalue weighted by molar-refractivity contribution is -0.142. The fourth-order valence-corrected chi connectivity index (χ4v) is 13.8. The van der Waals surface area contributed by atoms with Crippen LogP contribution in [0.15, 0.2) is 78.9 Å². The van der Waals surface area contributed by atoms with Gasteiger partial charge in [-0.05, 0) is 112 Å². The fourth-order valence-electron chi connectivity index (χ4n) is 13.1. The number of carboxylic acid groups (broad SMARTS) is 3. The first-order valence-electron chi connectivity index (χ1n) is 42.4. The van der Waals surface area contributed by atoms with Crippen LogP contribution in [0.4, 0.5) is 0 Å². The summed E-state index contributed by atoms with van der Waals surface area (Å²) < 4.78 is 0. The van der Waals surface area contributed by atoms with Gasteiger partial charge in [0, 0.05) is 51.4 Å². The number of thioether (sulfide) groups is 1. The molecule has 1 saturated heterocycles. The van der Waals surface area contributed by atoms with Gasteiger partial charge < -0.3 is 141 Å². The number of carboxylic acids is 3. The van der Waals surface area contributed by atoms with Gasteiger partial charge >= 0.3 is 17.9 Å². The van der Waals surface area contributed by atoms with Crippen molar-refractivity contribution in [2.45, 2.75) is 229 Å². The van der Waals surface area contributed by atoms with E-state index in [-0.39, 0.29) is 67.5 Å². The summed E-state index contributed by atoms with van der Waals surface area (Å²) in [4.78, 5) is 258. The number of carbonyl (C=O) groups excluding carboxylic acids is 16. The van der Waals surface area contributed by atoms with Crippen LogP contribution in [0.1, 0.15) is 129 Å². The Hall–Kier alpha value is -12.7. The van der Waals surface area contributed by atoms with Gasteiger partial charge in [0.05, 0.1) is 56.3 Å². The van der Waals surface area contributed by atoms with Crippen LogP contribution in [-0.2, 0) is 110 Å². The highest BCUT2D eigenvalue weighted by molar-refractivity contribution is 8.00. The molecule has 27 N–H and O–H groups in total. The van der Waals surface area contributed by atoms with E-state index in [9.17, 15) is 142 Å². The number of phenolic OH excluding ortho intramolecular Hbond substituents is 2. The molecule has 0 saturated carbocycles. The van der Waals surface area contributed by atoms with E-state index in [1.54, 1.807) is 45.9 Å². The zero-order chi connectivity index (χ0) is 97.9. The first-order valence-corrected chi connectivity index (χ1v) is 43.6. The Morgan fingerprint density at radius 2 is 0.855 bits per heavy atom. The Balaban J connectivity index is 1.53. The van der Waals surface area contributed by atoms with Crippen molar-refractivity contribution < 1.29 is 142 Å². The molecule has 131 heavy (non-hydrogen) atoms. The van der Waals surface area contributed by atoms with Gasteiger partial charge in [0.15, 0.2) is 0 Å². The smallest absolute Gasteiger partial charge is 0.305 e. The molecule has 1 heterocycles. The number of hydrogen-bond donors (Lipinski definition) is 26. The number of benzene rings is 3. The minimum Gasteiger partial charge on any atom is -0.508 e. The number of aliphatic hydroxyl groups excluding tert-OH is 5. The summed E-state index contributed by atoms with van der Waals surface area (Å²) in [5.74, 6) is -24.1. The molecule has 0 spiro atoms. The second-order valence-electron chi connectivity index (χ2n) is 31.9. The van der Waals surface area contributed by atoms with E-state index in [1.807, 2.05) is 0 Å². The Morgan fingerprint density at radius 1 is 0.443 bits per heavy atom. The number of likely N-dealkylation sites (tertiary alicyclic amines) is 1. The summed E-state index contributed by atoms with van der Waals surface area (Å²) in [6.45, 7) is 7.66. The van der Waals surface area contributed by atoms with E-state index in [4.69, 9.17) is 5.73 Å². The molecule has 724 valence electrons. The standard InChI is InChI=1S/C84H123N17O29S/c1-8-44(4)69(81(127)94-56(35-50-19-23-52(107)24-20-50)75(121)90-54(32-43(2)3)74(120)92-58(36-67(114)115)73(119)88-45(5)14-12-13-28-85)99-80(126)61(40-103)96-76(122)55(34-49-17-21-51(106)22-18-49)91-77(123)59(37-68(116)117)93-79(125)60(39-102)97-83(129)71(47(7)105)100-78(124)57(33-48-15-10-9-11-16-48)95-82(128)70(46(6)104)98-63(109)38-87-72(118)53(25-26-66(112)113)89-65(111)42-131-41-64(110)86-29-31-101-30-27-62(108)84(101)130/h9-11,15-24,43-47,53-62,69-71,102-108H,8,12-14,25-42,85H2,1-7H3,(H,86,110)(H,87,118)(H,88,119)(H,89,111)(H,90,121)(H,91,123)(H,92,120)(H,93,125)(H,94,127)(H,95,128)(H,96,122)(H,97,129)(H,98,109)(H,99,126)(H,100,124)(H,112,113)(H,114,115)(H,116,117)/t44-,45+,46+,47+,53-,54-,55-,56-,57-,58-,59-,60-,61-,62+,69-,70-,71-/m0/s1. The van der Waals surface area contributed by atoms with Crippen LogP contribution in [0.3, 0.4) is 0 Å². The van der Waals surface area contributed by atoms with Gasteiger partial charge in [0.2, 0.25) is 88.6 Å². The molecule has 46 nitrogen and oxygen atoms in total. The molecule has 1 aliphatic rings. The Bertz CT molecular complexity index is 4380. The van der Waals surface area contributed by atoms with Crippen molar-refractivity contribution in [3.05, 3.63) is 95.6 Å². The number of hydrogen-bond acceptors (Lipinski definition) is 28. The van der Waals surface area contributed by atoms with Gasteiger partial charge in [-0.3, -0.25) is 91.1 Å². The number of unbranched alkanes of at least 4 members (excludes halogenated alkanes) is 1. The average Bonchev–Trinajstić information content (AvgIpc) is 1.46. The zero-order valence-electron chi connectivity index (χ0n) is 73.6. The molecule has 4 rings (SSSR count). The maximum absolute atomic E-state index is 14.7. The van der Waals surface area contributed by atoms with Gasteiger partial charge in [-0.1, -0.05) is 95.1 Å². The van der Waals surface area contributed by atoms with Gasteiger partial charge in [-0.15, -0.1) is 11.8 Å². The zero-order valence-corrected chi connectivity index (χ0v) is 74.4. The Morgan fingerprint density at radius 3 is 1.32 bits per heavy atom. The number of nitrogens with one attached hydrogen (secondary N) is 15. The van der Waals surface area contributed by atoms with Crippen molar-refractivity contribution in [1.82, 2.24) is 84.7 Å². The second kappa shape index (κ2) is 56.7. The van der Waals surface area contributed by atoms with Crippen molar-refractivity contribution in [3.63, 3.8) is 0 Å². The van der Waals surface area contributed by atoms with Gasteiger partial charge in [-0.25, -0.2) is 0 Å². The van der Waals surface area contributed by atoms with Crippen LogP contribution < -0.4 is 85.5 Å². The van der Waals surface area contributed by atoms with E-state index < -0.39 is 279 Å². The van der Waals surface area contributed by atoms with Gasteiger partial charge in [0.1, 0.15) is 90.1 Å². The number of phenols is 2. The number of rotatable bonds is 59. The number of carbonyl (C=O) groups is 19. The Labute approximate surface area is 758 Å². The van der Waals surface area contributed by atoms with Crippen molar-refractivity contribution in [2.75, 3.05) is 57.4 Å². The normalized spacial score (nSPS) is 16.0. The summed E-state index contributed by atoms with van der Waals surface area (Å²) >= 11 is 0.822. The number of aromatic hydroxyl groups is 2. The van der Waals surface area contributed by atoms with E-state index in [2.05, 4.69) is 79.8 Å². The molecule has 3 aromatic rings. The first kappa shape index (κ1) is 111. The van der Waals surface area contributed by atoms with E-state index in [0.717, 1.165) is 25.6 Å². The highest BCUT2D eigenvalue weighted by Gasteiger charge is 2.41. The molecule has 3 aromatic carbocycles. The fraction of sp³-hybridized carbons (Fsp3) is 0.560. The van der Waals surface area contributed by atoms with Crippen molar-refractivity contribution in [3.8, 4) is 11.5 Å². The van der Waals surface area contributed by atoms with Crippen LogP contribution in [0.2, 0.25) is 0 Å². The highest BCUT2D eigenvalue weighted by Crippen LogP contribution is 2.19.